The lowest BCUT2D eigenvalue weighted by molar-refractivity contribution is -0.146. The minimum absolute atomic E-state index is 0.139. The average Bonchev–Trinajstić information content (AvgIpc) is 2.63. The van der Waals surface area contributed by atoms with Crippen molar-refractivity contribution in [2.45, 2.75) is 31.3 Å². The molecule has 1 saturated carbocycles. The molecule has 3 nitrogen and oxygen atoms in total. The largest absolute Gasteiger partial charge is 0.334 e. The number of β-lactam (4-membered cyclic amide) rings is 1. The maximum absolute atomic E-state index is 11.0. The SMILES string of the molecule is CC1(N2CC(N)C2=O)CC1. The Morgan fingerprint density at radius 3 is 2.60 bits per heavy atom. The van der Waals surface area contributed by atoms with Crippen molar-refractivity contribution in [3.63, 3.8) is 0 Å². The van der Waals surface area contributed by atoms with Crippen molar-refractivity contribution in [2.24, 2.45) is 5.73 Å². The molecule has 56 valence electrons. The van der Waals surface area contributed by atoms with Gasteiger partial charge < -0.3 is 10.6 Å². The maximum atomic E-state index is 11.0. The predicted molar refractivity (Wildman–Crippen MR) is 37.3 cm³/mol. The summed E-state index contributed by atoms with van der Waals surface area (Å²) in [6.45, 7) is 2.89. The Kier molecular flexibility index (Phi) is 0.944. The van der Waals surface area contributed by atoms with E-state index in [-0.39, 0.29) is 17.5 Å². The molecule has 3 heteroatoms. The average molecular weight is 140 g/mol. The van der Waals surface area contributed by atoms with E-state index in [9.17, 15) is 4.79 Å². The number of likely N-dealkylation sites (tertiary alicyclic amines) is 1. The first-order valence-electron chi connectivity index (χ1n) is 3.70. The zero-order valence-corrected chi connectivity index (χ0v) is 6.13. The summed E-state index contributed by atoms with van der Waals surface area (Å²) in [6.07, 6.45) is 2.32. The molecule has 1 heterocycles. The summed E-state index contributed by atoms with van der Waals surface area (Å²) < 4.78 is 0. The molecule has 2 fully saturated rings. The predicted octanol–water partition coefficient (Wildman–Crippen LogP) is -0.292. The summed E-state index contributed by atoms with van der Waals surface area (Å²) in [4.78, 5) is 12.9. The molecule has 1 atom stereocenters. The van der Waals surface area contributed by atoms with E-state index in [4.69, 9.17) is 5.73 Å². The lowest BCUT2D eigenvalue weighted by Crippen LogP contribution is -2.64. The second kappa shape index (κ2) is 1.53. The van der Waals surface area contributed by atoms with E-state index in [1.54, 1.807) is 0 Å². The molecule has 2 aliphatic rings. The molecular formula is C7H12N2O. The lowest BCUT2D eigenvalue weighted by Gasteiger charge is -2.41. The van der Waals surface area contributed by atoms with Gasteiger partial charge in [-0.3, -0.25) is 4.79 Å². The molecule has 1 saturated heterocycles. The zero-order chi connectivity index (χ0) is 7.35. The van der Waals surface area contributed by atoms with Crippen LogP contribution in [-0.4, -0.2) is 28.9 Å². The van der Waals surface area contributed by atoms with E-state index >= 15 is 0 Å². The third-order valence-electron chi connectivity index (χ3n) is 2.59. The van der Waals surface area contributed by atoms with Gasteiger partial charge in [-0.1, -0.05) is 0 Å². The third kappa shape index (κ3) is 0.611. The van der Waals surface area contributed by atoms with Crippen LogP contribution in [0, 0.1) is 0 Å². The van der Waals surface area contributed by atoms with Crippen LogP contribution >= 0.6 is 0 Å². The first-order chi connectivity index (χ1) is 4.63. The summed E-state index contributed by atoms with van der Waals surface area (Å²) in [5.41, 5.74) is 5.65. The van der Waals surface area contributed by atoms with Gasteiger partial charge in [0.05, 0.1) is 0 Å². The minimum Gasteiger partial charge on any atom is -0.334 e. The summed E-state index contributed by atoms with van der Waals surface area (Å²) in [6, 6.07) is -0.197. The van der Waals surface area contributed by atoms with Crippen LogP contribution in [0.1, 0.15) is 19.8 Å². The Hall–Kier alpha value is -0.570. The van der Waals surface area contributed by atoms with Crippen LogP contribution < -0.4 is 5.73 Å². The Morgan fingerprint density at radius 2 is 2.30 bits per heavy atom. The summed E-state index contributed by atoms with van der Waals surface area (Å²) in [7, 11) is 0. The second-order valence-corrected chi connectivity index (χ2v) is 3.55. The molecule has 0 aromatic carbocycles. The summed E-state index contributed by atoms with van der Waals surface area (Å²) in [5.74, 6) is 0.139. The highest BCUT2D eigenvalue weighted by Gasteiger charge is 2.51. The number of carbonyl (C=O) groups excluding carboxylic acids is 1. The van der Waals surface area contributed by atoms with Gasteiger partial charge in [-0.15, -0.1) is 0 Å². The number of rotatable bonds is 1. The van der Waals surface area contributed by atoms with Gasteiger partial charge in [-0.25, -0.2) is 0 Å². The van der Waals surface area contributed by atoms with E-state index in [2.05, 4.69) is 6.92 Å². The molecule has 10 heavy (non-hydrogen) atoms. The molecule has 2 rings (SSSR count). The molecule has 0 aromatic heterocycles. The molecule has 1 aliphatic heterocycles. The molecular weight excluding hydrogens is 128 g/mol. The zero-order valence-electron chi connectivity index (χ0n) is 6.13. The normalized spacial score (nSPS) is 35.6. The molecule has 0 radical (unpaired) electrons. The summed E-state index contributed by atoms with van der Waals surface area (Å²) in [5, 5.41) is 0. The van der Waals surface area contributed by atoms with Crippen molar-refractivity contribution in [3.8, 4) is 0 Å². The van der Waals surface area contributed by atoms with Crippen LogP contribution in [0.2, 0.25) is 0 Å². The molecule has 1 aliphatic carbocycles. The van der Waals surface area contributed by atoms with E-state index in [0.29, 0.717) is 0 Å². The number of hydrogen-bond acceptors (Lipinski definition) is 2. The van der Waals surface area contributed by atoms with Crippen molar-refractivity contribution in [2.75, 3.05) is 6.54 Å². The first-order valence-corrected chi connectivity index (χ1v) is 3.70. The van der Waals surface area contributed by atoms with Crippen molar-refractivity contribution < 1.29 is 4.79 Å². The van der Waals surface area contributed by atoms with E-state index in [0.717, 1.165) is 19.4 Å². The van der Waals surface area contributed by atoms with E-state index < -0.39 is 0 Å². The van der Waals surface area contributed by atoms with Crippen molar-refractivity contribution >= 4 is 5.91 Å². The minimum atomic E-state index is -0.197. The van der Waals surface area contributed by atoms with E-state index in [1.807, 2.05) is 4.90 Å². The molecule has 2 N–H and O–H groups in total. The Balaban J connectivity index is 2.04. The van der Waals surface area contributed by atoms with E-state index in [1.165, 1.54) is 0 Å². The quantitative estimate of drug-likeness (QED) is 0.509. The van der Waals surface area contributed by atoms with Crippen LogP contribution in [0.3, 0.4) is 0 Å². The van der Waals surface area contributed by atoms with Gasteiger partial charge in [0, 0.05) is 12.1 Å². The van der Waals surface area contributed by atoms with Crippen LogP contribution in [-0.2, 0) is 4.79 Å². The number of nitrogens with two attached hydrogens (primary N) is 1. The second-order valence-electron chi connectivity index (χ2n) is 3.55. The van der Waals surface area contributed by atoms with Gasteiger partial charge in [-0.2, -0.15) is 0 Å². The highest BCUT2D eigenvalue weighted by atomic mass is 16.2. The van der Waals surface area contributed by atoms with Crippen molar-refractivity contribution in [1.82, 2.24) is 4.90 Å². The van der Waals surface area contributed by atoms with Gasteiger partial charge in [0.15, 0.2) is 0 Å². The van der Waals surface area contributed by atoms with Gasteiger partial charge in [0.25, 0.3) is 0 Å². The number of nitrogens with zero attached hydrogens (tertiary/aromatic N) is 1. The topological polar surface area (TPSA) is 46.3 Å². The smallest absolute Gasteiger partial charge is 0.241 e. The van der Waals surface area contributed by atoms with Gasteiger partial charge in [0.2, 0.25) is 5.91 Å². The number of carbonyl (C=O) groups is 1. The third-order valence-corrected chi connectivity index (χ3v) is 2.59. The van der Waals surface area contributed by atoms with Crippen LogP contribution in [0.25, 0.3) is 0 Å². The standard InChI is InChI=1S/C7H12N2O/c1-7(2-3-7)9-4-5(8)6(9)10/h5H,2-4,8H2,1H3. The molecule has 0 aromatic rings. The van der Waals surface area contributed by atoms with Crippen molar-refractivity contribution in [1.29, 1.82) is 0 Å². The van der Waals surface area contributed by atoms with Gasteiger partial charge in [-0.05, 0) is 19.8 Å². The fourth-order valence-electron chi connectivity index (χ4n) is 1.39. The van der Waals surface area contributed by atoms with Crippen LogP contribution in [0.5, 0.6) is 0 Å². The lowest BCUT2D eigenvalue weighted by atomic mass is 10.1. The van der Waals surface area contributed by atoms with Crippen molar-refractivity contribution in [3.05, 3.63) is 0 Å². The maximum Gasteiger partial charge on any atom is 0.241 e. The fraction of sp³-hybridized carbons (Fsp3) is 0.857. The number of amides is 1. The molecule has 0 spiro atoms. The Bertz CT molecular complexity index is 186. The highest BCUT2D eigenvalue weighted by Crippen LogP contribution is 2.43. The van der Waals surface area contributed by atoms with Gasteiger partial charge >= 0.3 is 0 Å². The molecule has 1 amide bonds. The Labute approximate surface area is 60.2 Å². The fourth-order valence-corrected chi connectivity index (χ4v) is 1.39. The van der Waals surface area contributed by atoms with Gasteiger partial charge in [0.1, 0.15) is 6.04 Å². The number of hydrogen-bond donors (Lipinski definition) is 1. The summed E-state index contributed by atoms with van der Waals surface area (Å²) >= 11 is 0. The molecule has 1 unspecified atom stereocenters. The highest BCUT2D eigenvalue weighted by molar-refractivity contribution is 5.88. The van der Waals surface area contributed by atoms with Crippen LogP contribution in [0.15, 0.2) is 0 Å². The van der Waals surface area contributed by atoms with Crippen LogP contribution in [0.4, 0.5) is 0 Å². The molecule has 0 bridgehead atoms. The monoisotopic (exact) mass is 140 g/mol. The first kappa shape index (κ1) is 6.16. The Morgan fingerprint density at radius 1 is 1.70 bits per heavy atom.